The molecule has 0 atom stereocenters. The highest BCUT2D eigenvalue weighted by Crippen LogP contribution is 2.18. The average Bonchev–Trinajstić information content (AvgIpc) is 2.53. The summed E-state index contributed by atoms with van der Waals surface area (Å²) in [5, 5.41) is 9.92. The lowest BCUT2D eigenvalue weighted by atomic mass is 10.0. The third kappa shape index (κ3) is 8.21. The van der Waals surface area contributed by atoms with Gasteiger partial charge in [-0.3, -0.25) is 4.99 Å². The largest absolute Gasteiger partial charge is 0.507 e. The van der Waals surface area contributed by atoms with Gasteiger partial charge in [-0.2, -0.15) is 0 Å². The van der Waals surface area contributed by atoms with Crippen LogP contribution in [0.3, 0.4) is 0 Å². The van der Waals surface area contributed by atoms with Crippen LogP contribution in [0.15, 0.2) is 23.2 Å². The normalized spacial score (nSPS) is 11.4. The van der Waals surface area contributed by atoms with Gasteiger partial charge in [0.1, 0.15) is 5.75 Å². The summed E-state index contributed by atoms with van der Waals surface area (Å²) in [5.41, 5.74) is 2.17. The third-order valence-corrected chi connectivity index (χ3v) is 4.03. The van der Waals surface area contributed by atoms with Crippen LogP contribution in [0.2, 0.25) is 0 Å². The van der Waals surface area contributed by atoms with E-state index in [1.54, 1.807) is 6.07 Å². The molecule has 0 fully saturated rings. The van der Waals surface area contributed by atoms with E-state index in [4.69, 9.17) is 0 Å². The monoisotopic (exact) mass is 303 g/mol. The maximum absolute atomic E-state index is 9.92. The Morgan fingerprint density at radius 2 is 1.59 bits per heavy atom. The van der Waals surface area contributed by atoms with Gasteiger partial charge in [-0.15, -0.1) is 0 Å². The minimum atomic E-state index is 0.339. The Labute approximate surface area is 136 Å². The molecule has 0 aromatic heterocycles. The number of aliphatic imine (C=N–C) groups is 1. The second-order valence-corrected chi connectivity index (χ2v) is 6.15. The molecular weight excluding hydrogens is 270 g/mol. The van der Waals surface area contributed by atoms with E-state index >= 15 is 0 Å². The van der Waals surface area contributed by atoms with Crippen molar-refractivity contribution in [3.8, 4) is 5.75 Å². The molecule has 0 aliphatic heterocycles. The third-order valence-electron chi connectivity index (χ3n) is 4.03. The summed E-state index contributed by atoms with van der Waals surface area (Å²) in [4.78, 5) is 4.43. The number of hydrogen-bond acceptors (Lipinski definition) is 2. The van der Waals surface area contributed by atoms with Crippen molar-refractivity contribution < 1.29 is 5.11 Å². The first-order valence-corrected chi connectivity index (χ1v) is 9.09. The Kier molecular flexibility index (Phi) is 10.4. The lowest BCUT2D eigenvalue weighted by Gasteiger charge is -2.05. The van der Waals surface area contributed by atoms with Gasteiger partial charge in [-0.1, -0.05) is 64.9 Å². The highest BCUT2D eigenvalue weighted by molar-refractivity contribution is 5.83. The molecule has 0 spiro atoms. The molecule has 0 bridgehead atoms. The van der Waals surface area contributed by atoms with Crippen molar-refractivity contribution in [2.24, 2.45) is 4.99 Å². The van der Waals surface area contributed by atoms with Crippen LogP contribution < -0.4 is 0 Å². The molecule has 0 saturated carbocycles. The first-order chi connectivity index (χ1) is 10.8. The van der Waals surface area contributed by atoms with Crippen LogP contribution in [-0.4, -0.2) is 17.9 Å². The first kappa shape index (κ1) is 18.7. The van der Waals surface area contributed by atoms with Crippen LogP contribution in [0.5, 0.6) is 5.75 Å². The topological polar surface area (TPSA) is 32.6 Å². The predicted octanol–water partition coefficient (Wildman–Crippen LogP) is 5.90. The zero-order chi connectivity index (χ0) is 16.0. The van der Waals surface area contributed by atoms with Crippen LogP contribution in [0.25, 0.3) is 0 Å². The summed E-state index contributed by atoms with van der Waals surface area (Å²) in [6, 6.07) is 5.93. The van der Waals surface area contributed by atoms with E-state index in [0.29, 0.717) is 5.75 Å². The number of hydrogen-bond donors (Lipinski definition) is 1. The smallest absolute Gasteiger partial charge is 0.124 e. The minimum Gasteiger partial charge on any atom is -0.507 e. The summed E-state index contributed by atoms with van der Waals surface area (Å²) in [7, 11) is 0. The molecular formula is C20H33NO. The number of rotatable bonds is 12. The Balaban J connectivity index is 2.37. The van der Waals surface area contributed by atoms with Crippen LogP contribution in [0.1, 0.15) is 82.8 Å². The van der Waals surface area contributed by atoms with E-state index in [2.05, 4.69) is 24.9 Å². The van der Waals surface area contributed by atoms with Crippen molar-refractivity contribution in [2.75, 3.05) is 6.54 Å². The second-order valence-electron chi connectivity index (χ2n) is 6.15. The molecule has 0 heterocycles. The summed E-state index contributed by atoms with van der Waals surface area (Å²) in [5.74, 6) is 0.339. The van der Waals surface area contributed by atoms with Crippen molar-refractivity contribution >= 4 is 6.21 Å². The summed E-state index contributed by atoms with van der Waals surface area (Å²) in [6.45, 7) is 5.30. The Bertz CT molecular complexity index is 426. The van der Waals surface area contributed by atoms with Gasteiger partial charge in [0.2, 0.25) is 0 Å². The maximum Gasteiger partial charge on any atom is 0.124 e. The molecule has 0 aliphatic rings. The Hall–Kier alpha value is -1.31. The van der Waals surface area contributed by atoms with Crippen LogP contribution in [0, 0.1) is 0 Å². The number of unbranched alkanes of at least 4 members (excludes halogenated alkanes) is 7. The fourth-order valence-electron chi connectivity index (χ4n) is 2.59. The summed E-state index contributed by atoms with van der Waals surface area (Å²) >= 11 is 0. The quantitative estimate of drug-likeness (QED) is 0.378. The van der Waals surface area contributed by atoms with Crippen molar-refractivity contribution in [1.82, 2.24) is 0 Å². The van der Waals surface area contributed by atoms with E-state index in [1.807, 2.05) is 12.3 Å². The second kappa shape index (κ2) is 12.3. The molecule has 0 amide bonds. The van der Waals surface area contributed by atoms with Gasteiger partial charge in [0, 0.05) is 18.3 Å². The van der Waals surface area contributed by atoms with E-state index in [1.165, 1.54) is 56.9 Å². The summed E-state index contributed by atoms with van der Waals surface area (Å²) < 4.78 is 0. The van der Waals surface area contributed by atoms with Crippen molar-refractivity contribution in [3.05, 3.63) is 29.3 Å². The molecule has 0 saturated heterocycles. The molecule has 2 nitrogen and oxygen atoms in total. The van der Waals surface area contributed by atoms with E-state index in [9.17, 15) is 5.11 Å². The number of benzene rings is 1. The van der Waals surface area contributed by atoms with Crippen molar-refractivity contribution in [1.29, 1.82) is 0 Å². The van der Waals surface area contributed by atoms with Crippen molar-refractivity contribution in [3.63, 3.8) is 0 Å². The molecule has 1 N–H and O–H groups in total. The van der Waals surface area contributed by atoms with E-state index < -0.39 is 0 Å². The molecule has 22 heavy (non-hydrogen) atoms. The number of phenolic OH excluding ortho intramolecular Hbond substituents is 1. The van der Waals surface area contributed by atoms with Gasteiger partial charge in [0.25, 0.3) is 0 Å². The fourth-order valence-corrected chi connectivity index (χ4v) is 2.59. The summed E-state index contributed by atoms with van der Waals surface area (Å²) in [6.07, 6.45) is 14.4. The van der Waals surface area contributed by atoms with Gasteiger partial charge in [0.05, 0.1) is 0 Å². The first-order valence-electron chi connectivity index (χ1n) is 9.09. The molecule has 1 aromatic rings. The number of nitrogens with zero attached hydrogens (tertiary/aromatic N) is 1. The molecule has 1 rings (SSSR count). The molecule has 2 heteroatoms. The van der Waals surface area contributed by atoms with Crippen LogP contribution in [-0.2, 0) is 6.42 Å². The molecule has 0 unspecified atom stereocenters. The average molecular weight is 303 g/mol. The number of aromatic hydroxyl groups is 1. The lowest BCUT2D eigenvalue weighted by Crippen LogP contribution is -1.91. The lowest BCUT2D eigenvalue weighted by molar-refractivity contribution is 0.474. The van der Waals surface area contributed by atoms with Gasteiger partial charge in [-0.25, -0.2) is 0 Å². The number of phenols is 1. The maximum atomic E-state index is 9.92. The fraction of sp³-hybridized carbons (Fsp3) is 0.650. The Morgan fingerprint density at radius 1 is 0.909 bits per heavy atom. The number of aryl methyl sites for hydroxylation is 1. The molecule has 1 aromatic carbocycles. The van der Waals surface area contributed by atoms with Crippen LogP contribution in [0.4, 0.5) is 0 Å². The van der Waals surface area contributed by atoms with E-state index in [-0.39, 0.29) is 0 Å². The van der Waals surface area contributed by atoms with E-state index in [0.717, 1.165) is 24.9 Å². The van der Waals surface area contributed by atoms with Gasteiger partial charge < -0.3 is 5.11 Å². The zero-order valence-electron chi connectivity index (χ0n) is 14.5. The van der Waals surface area contributed by atoms with Gasteiger partial charge >= 0.3 is 0 Å². The highest BCUT2D eigenvalue weighted by atomic mass is 16.3. The van der Waals surface area contributed by atoms with Crippen molar-refractivity contribution in [2.45, 2.75) is 78.1 Å². The van der Waals surface area contributed by atoms with Gasteiger partial charge in [0.15, 0.2) is 0 Å². The molecule has 0 aliphatic carbocycles. The highest BCUT2D eigenvalue weighted by Gasteiger charge is 2.01. The molecule has 0 radical (unpaired) electrons. The zero-order valence-corrected chi connectivity index (χ0v) is 14.5. The Morgan fingerprint density at radius 3 is 2.36 bits per heavy atom. The SMILES string of the molecule is CCCCCCCCc1ccc(O)c(C=NCCCCC)c1. The van der Waals surface area contributed by atoms with Gasteiger partial charge in [-0.05, 0) is 37.0 Å². The predicted molar refractivity (Wildman–Crippen MR) is 97.2 cm³/mol. The van der Waals surface area contributed by atoms with Crippen LogP contribution >= 0.6 is 0 Å². The minimum absolute atomic E-state index is 0.339. The molecule has 124 valence electrons. The standard InChI is InChI=1S/C20H33NO/c1-3-5-7-8-9-10-12-18-13-14-20(22)19(16-18)17-21-15-11-6-4-2/h13-14,16-17,22H,3-12,15H2,1-2H3.